The van der Waals surface area contributed by atoms with Gasteiger partial charge in [-0.2, -0.15) is 0 Å². The summed E-state index contributed by atoms with van der Waals surface area (Å²) in [6, 6.07) is 15.7. The lowest BCUT2D eigenvalue weighted by Crippen LogP contribution is -2.37. The van der Waals surface area contributed by atoms with Gasteiger partial charge in [0.2, 0.25) is 0 Å². The van der Waals surface area contributed by atoms with Crippen molar-refractivity contribution in [2.24, 2.45) is 0 Å². The molecule has 26 heavy (non-hydrogen) atoms. The van der Waals surface area contributed by atoms with Crippen LogP contribution in [0.3, 0.4) is 0 Å². The van der Waals surface area contributed by atoms with Crippen LogP contribution in [0.15, 0.2) is 65.3 Å². The van der Waals surface area contributed by atoms with E-state index in [-0.39, 0.29) is 12.5 Å². The normalized spacial score (nSPS) is 14.3. The molecule has 1 aliphatic rings. The number of aromatic amines is 1. The molecule has 0 unspecified atom stereocenters. The van der Waals surface area contributed by atoms with Gasteiger partial charge in [0, 0.05) is 40.2 Å². The molecule has 0 atom stereocenters. The zero-order chi connectivity index (χ0) is 17.9. The Bertz CT molecular complexity index is 963. The number of halogens is 1. The summed E-state index contributed by atoms with van der Waals surface area (Å²) in [4.78, 5) is 17.5. The summed E-state index contributed by atoms with van der Waals surface area (Å²) in [5.41, 5.74) is 3.62. The van der Waals surface area contributed by atoms with Crippen LogP contribution in [0.1, 0.15) is 12.0 Å². The molecule has 3 aromatic rings. The molecule has 1 N–H and O–H groups in total. The summed E-state index contributed by atoms with van der Waals surface area (Å²) in [7, 11) is 0. The molecular formula is C21H19BrN2O2. The largest absolute Gasteiger partial charge is 0.484 e. The maximum absolute atomic E-state index is 12.4. The van der Waals surface area contributed by atoms with Gasteiger partial charge < -0.3 is 14.6 Å². The van der Waals surface area contributed by atoms with Gasteiger partial charge in [-0.15, -0.1) is 0 Å². The highest BCUT2D eigenvalue weighted by atomic mass is 79.9. The minimum atomic E-state index is 0.0193. The molecule has 1 aromatic heterocycles. The molecule has 0 saturated carbocycles. The Hall–Kier alpha value is -2.53. The summed E-state index contributed by atoms with van der Waals surface area (Å²) in [5, 5.41) is 1.21. The Kier molecular flexibility index (Phi) is 4.80. The number of nitrogens with zero attached hydrogens (tertiary/aromatic N) is 1. The number of hydrogen-bond donors (Lipinski definition) is 1. The topological polar surface area (TPSA) is 45.3 Å². The number of rotatable bonds is 4. The molecule has 0 fully saturated rings. The van der Waals surface area contributed by atoms with Gasteiger partial charge in [-0.25, -0.2) is 0 Å². The SMILES string of the molecule is O=C(COc1ccccc1)N1CC=C(c2c[nH]c3ccc(Br)cc23)CC1. The first-order chi connectivity index (χ1) is 12.7. The van der Waals surface area contributed by atoms with Gasteiger partial charge in [0.15, 0.2) is 6.61 Å². The van der Waals surface area contributed by atoms with E-state index in [2.05, 4.69) is 45.3 Å². The zero-order valence-electron chi connectivity index (χ0n) is 14.2. The lowest BCUT2D eigenvalue weighted by Gasteiger charge is -2.26. The van der Waals surface area contributed by atoms with E-state index in [1.165, 1.54) is 16.5 Å². The van der Waals surface area contributed by atoms with Gasteiger partial charge >= 0.3 is 0 Å². The van der Waals surface area contributed by atoms with Crippen LogP contribution in [0.5, 0.6) is 5.75 Å². The molecule has 0 saturated heterocycles. The second-order valence-corrected chi connectivity index (χ2v) is 7.23. The number of benzene rings is 2. The maximum atomic E-state index is 12.4. The van der Waals surface area contributed by atoms with Crippen molar-refractivity contribution in [3.63, 3.8) is 0 Å². The second kappa shape index (κ2) is 7.38. The highest BCUT2D eigenvalue weighted by molar-refractivity contribution is 9.10. The Balaban J connectivity index is 1.42. The number of H-pyrrole nitrogens is 1. The predicted molar refractivity (Wildman–Crippen MR) is 107 cm³/mol. The summed E-state index contributed by atoms with van der Waals surface area (Å²) in [5.74, 6) is 0.740. The van der Waals surface area contributed by atoms with Crippen LogP contribution in [-0.2, 0) is 4.79 Å². The molecule has 0 aliphatic carbocycles. The number of hydrogen-bond acceptors (Lipinski definition) is 2. The smallest absolute Gasteiger partial charge is 0.260 e. The van der Waals surface area contributed by atoms with Crippen molar-refractivity contribution < 1.29 is 9.53 Å². The van der Waals surface area contributed by atoms with Gasteiger partial charge in [-0.3, -0.25) is 4.79 Å². The van der Waals surface area contributed by atoms with Crippen LogP contribution < -0.4 is 4.74 Å². The van der Waals surface area contributed by atoms with Gasteiger partial charge in [0.25, 0.3) is 5.91 Å². The molecule has 5 heteroatoms. The zero-order valence-corrected chi connectivity index (χ0v) is 15.8. The van der Waals surface area contributed by atoms with E-state index in [1.807, 2.05) is 41.3 Å². The summed E-state index contributed by atoms with van der Waals surface area (Å²) in [6.07, 6.45) is 5.04. The third-order valence-electron chi connectivity index (χ3n) is 4.66. The number of nitrogens with one attached hydrogen (secondary N) is 1. The van der Waals surface area contributed by atoms with E-state index in [1.54, 1.807) is 0 Å². The second-order valence-electron chi connectivity index (χ2n) is 6.31. The van der Waals surface area contributed by atoms with Crippen LogP contribution in [0, 0.1) is 0 Å². The lowest BCUT2D eigenvalue weighted by atomic mass is 9.99. The summed E-state index contributed by atoms with van der Waals surface area (Å²) in [6.45, 7) is 1.41. The molecular weight excluding hydrogens is 392 g/mol. The average Bonchev–Trinajstić information content (AvgIpc) is 3.10. The van der Waals surface area contributed by atoms with Gasteiger partial charge in [0.05, 0.1) is 0 Å². The number of fused-ring (bicyclic) bond motifs is 1. The number of carbonyl (C=O) groups excluding carboxylic acids is 1. The molecule has 2 heterocycles. The van der Waals surface area contributed by atoms with E-state index in [0.29, 0.717) is 13.1 Å². The van der Waals surface area contributed by atoms with Gasteiger partial charge in [-0.1, -0.05) is 40.2 Å². The Morgan fingerprint density at radius 3 is 2.81 bits per heavy atom. The highest BCUT2D eigenvalue weighted by Crippen LogP contribution is 2.31. The molecule has 4 rings (SSSR count). The standard InChI is InChI=1S/C21H19BrN2O2/c22-16-6-7-20-18(12-16)19(13-23-20)15-8-10-24(11-9-15)21(25)14-26-17-4-2-1-3-5-17/h1-8,12-13,23H,9-11,14H2. The van der Waals surface area contributed by atoms with Gasteiger partial charge in [0.1, 0.15) is 5.75 Å². The van der Waals surface area contributed by atoms with Crippen LogP contribution >= 0.6 is 15.9 Å². The molecule has 0 spiro atoms. The van der Waals surface area contributed by atoms with E-state index < -0.39 is 0 Å². The van der Waals surface area contributed by atoms with Crippen LogP contribution in [0.4, 0.5) is 0 Å². The first-order valence-corrected chi connectivity index (χ1v) is 9.42. The van der Waals surface area contributed by atoms with Crippen LogP contribution in [0.25, 0.3) is 16.5 Å². The van der Waals surface area contributed by atoms with Crippen molar-refractivity contribution in [1.82, 2.24) is 9.88 Å². The number of amides is 1. The van der Waals surface area contributed by atoms with Crippen molar-refractivity contribution in [3.8, 4) is 5.75 Å². The molecule has 1 aliphatic heterocycles. The maximum Gasteiger partial charge on any atom is 0.260 e. The van der Waals surface area contributed by atoms with Crippen molar-refractivity contribution in [1.29, 1.82) is 0 Å². The summed E-state index contributed by atoms with van der Waals surface area (Å²) >= 11 is 3.54. The monoisotopic (exact) mass is 410 g/mol. The van der Waals surface area contributed by atoms with E-state index in [9.17, 15) is 4.79 Å². The molecule has 0 radical (unpaired) electrons. The number of para-hydroxylation sites is 1. The first kappa shape index (κ1) is 16.9. The van der Waals surface area contributed by atoms with Gasteiger partial charge in [-0.05, 0) is 42.3 Å². The fourth-order valence-electron chi connectivity index (χ4n) is 3.25. The molecule has 132 valence electrons. The highest BCUT2D eigenvalue weighted by Gasteiger charge is 2.19. The Labute approximate surface area is 160 Å². The van der Waals surface area contributed by atoms with E-state index in [0.717, 1.165) is 22.2 Å². The fraction of sp³-hybridized carbons (Fsp3) is 0.190. The number of carbonyl (C=O) groups is 1. The Morgan fingerprint density at radius 2 is 2.04 bits per heavy atom. The lowest BCUT2D eigenvalue weighted by molar-refractivity contribution is -0.132. The average molecular weight is 411 g/mol. The fourth-order valence-corrected chi connectivity index (χ4v) is 3.61. The summed E-state index contributed by atoms with van der Waals surface area (Å²) < 4.78 is 6.64. The molecule has 4 nitrogen and oxygen atoms in total. The minimum Gasteiger partial charge on any atom is -0.484 e. The Morgan fingerprint density at radius 1 is 1.19 bits per heavy atom. The van der Waals surface area contributed by atoms with Crippen molar-refractivity contribution in [2.75, 3.05) is 19.7 Å². The van der Waals surface area contributed by atoms with Crippen molar-refractivity contribution >= 4 is 38.3 Å². The third-order valence-corrected chi connectivity index (χ3v) is 5.15. The first-order valence-electron chi connectivity index (χ1n) is 8.62. The van der Waals surface area contributed by atoms with Crippen LogP contribution in [0.2, 0.25) is 0 Å². The predicted octanol–water partition coefficient (Wildman–Crippen LogP) is 4.63. The van der Waals surface area contributed by atoms with Crippen LogP contribution in [-0.4, -0.2) is 35.5 Å². The van der Waals surface area contributed by atoms with Crippen molar-refractivity contribution in [3.05, 3.63) is 70.8 Å². The third kappa shape index (κ3) is 3.53. The number of aromatic nitrogens is 1. The minimum absolute atomic E-state index is 0.0193. The quantitative estimate of drug-likeness (QED) is 0.681. The molecule has 2 aromatic carbocycles. The van der Waals surface area contributed by atoms with E-state index >= 15 is 0 Å². The molecule has 0 bridgehead atoms. The molecule has 1 amide bonds. The van der Waals surface area contributed by atoms with Crippen molar-refractivity contribution in [2.45, 2.75) is 6.42 Å². The number of ether oxygens (including phenoxy) is 1. The van der Waals surface area contributed by atoms with E-state index in [4.69, 9.17) is 4.74 Å².